The van der Waals surface area contributed by atoms with Crippen molar-refractivity contribution in [2.45, 2.75) is 34.2 Å². The number of fused-ring (bicyclic) bond motifs is 3. The van der Waals surface area contributed by atoms with Crippen molar-refractivity contribution < 1.29 is 0 Å². The van der Waals surface area contributed by atoms with Crippen molar-refractivity contribution in [3.63, 3.8) is 0 Å². The zero-order valence-corrected chi connectivity index (χ0v) is 15.0. The molecule has 2 aromatic carbocycles. The van der Waals surface area contributed by atoms with Gasteiger partial charge in [-0.1, -0.05) is 41.5 Å². The van der Waals surface area contributed by atoms with Crippen LogP contribution in [0.4, 0.5) is 0 Å². The second-order valence-corrected chi connectivity index (χ2v) is 6.83. The van der Waals surface area contributed by atoms with Gasteiger partial charge in [0.25, 0.3) is 5.56 Å². The molecule has 0 atom stereocenters. The summed E-state index contributed by atoms with van der Waals surface area (Å²) in [6.45, 7) is 8.81. The Hall–Kier alpha value is -2.88. The Kier molecular flexibility index (Phi) is 3.49. The van der Waals surface area contributed by atoms with Gasteiger partial charge in [0.15, 0.2) is 0 Å². The van der Waals surface area contributed by atoms with E-state index in [4.69, 9.17) is 4.98 Å². The Morgan fingerprint density at radius 3 is 2.36 bits per heavy atom. The van der Waals surface area contributed by atoms with Crippen LogP contribution in [0.3, 0.4) is 0 Å². The van der Waals surface area contributed by atoms with Crippen molar-refractivity contribution in [3.8, 4) is 0 Å². The minimum absolute atomic E-state index is 0.0119. The number of nitrogens with zero attached hydrogens (tertiary/aromatic N) is 3. The number of benzene rings is 2. The number of hydrogen-bond acceptors (Lipinski definition) is 2. The molecule has 0 aliphatic rings. The topological polar surface area (TPSA) is 39.3 Å². The molecule has 4 nitrogen and oxygen atoms in total. The molecule has 2 aromatic heterocycles. The molecule has 0 bridgehead atoms. The van der Waals surface area contributed by atoms with Crippen molar-refractivity contribution in [2.24, 2.45) is 0 Å². The van der Waals surface area contributed by atoms with Crippen molar-refractivity contribution in [2.75, 3.05) is 0 Å². The lowest BCUT2D eigenvalue weighted by Crippen LogP contribution is -2.23. The van der Waals surface area contributed by atoms with Gasteiger partial charge in [0.05, 0.1) is 17.6 Å². The molecule has 0 aliphatic carbocycles. The van der Waals surface area contributed by atoms with Crippen LogP contribution >= 0.6 is 0 Å². The fourth-order valence-corrected chi connectivity index (χ4v) is 3.60. The maximum atomic E-state index is 12.8. The molecular formula is C21H21N3O. The van der Waals surface area contributed by atoms with Crippen LogP contribution < -0.4 is 5.56 Å². The van der Waals surface area contributed by atoms with Gasteiger partial charge in [-0.05, 0) is 45.4 Å². The van der Waals surface area contributed by atoms with Crippen LogP contribution in [0.15, 0.2) is 47.3 Å². The van der Waals surface area contributed by atoms with Crippen molar-refractivity contribution in [3.05, 3.63) is 80.8 Å². The molecule has 0 saturated heterocycles. The first-order valence-electron chi connectivity index (χ1n) is 8.50. The summed E-state index contributed by atoms with van der Waals surface area (Å²) >= 11 is 0. The number of para-hydroxylation sites is 2. The van der Waals surface area contributed by atoms with E-state index in [0.717, 1.165) is 22.3 Å². The lowest BCUT2D eigenvalue weighted by Gasteiger charge is -2.15. The van der Waals surface area contributed by atoms with Crippen molar-refractivity contribution in [1.29, 1.82) is 0 Å². The first-order chi connectivity index (χ1) is 12.0. The zero-order chi connectivity index (χ0) is 17.7. The SMILES string of the molecule is Cc1cc(C)cc(Cn2c(C)c(C)c(=O)n3c4ccccc4nc23)c1. The number of aryl methyl sites for hydroxylation is 2. The number of rotatable bonds is 2. The minimum Gasteiger partial charge on any atom is -0.311 e. The standard InChI is InChI=1S/C21H21N3O/c1-13-9-14(2)11-17(10-13)12-23-16(4)15(3)20(25)24-19-8-6-5-7-18(19)22-21(23)24/h5-11H,12H2,1-4H3. The molecule has 0 spiro atoms. The molecular weight excluding hydrogens is 310 g/mol. The van der Waals surface area contributed by atoms with E-state index in [2.05, 4.69) is 36.6 Å². The molecule has 0 N–H and O–H groups in total. The summed E-state index contributed by atoms with van der Waals surface area (Å²) in [6.07, 6.45) is 0. The predicted molar refractivity (Wildman–Crippen MR) is 101 cm³/mol. The number of imidazole rings is 1. The van der Waals surface area contributed by atoms with Crippen LogP contribution in [0.1, 0.15) is 27.9 Å². The first kappa shape index (κ1) is 15.6. The Bertz CT molecular complexity index is 1160. The number of aromatic nitrogens is 3. The predicted octanol–water partition coefficient (Wildman–Crippen LogP) is 3.93. The van der Waals surface area contributed by atoms with Crippen LogP contribution in [-0.2, 0) is 6.54 Å². The fraction of sp³-hybridized carbons (Fsp3) is 0.238. The fourth-order valence-electron chi connectivity index (χ4n) is 3.60. The molecule has 4 aromatic rings. The highest BCUT2D eigenvalue weighted by molar-refractivity contribution is 5.79. The third-order valence-electron chi connectivity index (χ3n) is 4.88. The molecule has 4 rings (SSSR count). The minimum atomic E-state index is 0.0119. The maximum Gasteiger partial charge on any atom is 0.262 e. The Balaban J connectivity index is 2.04. The van der Waals surface area contributed by atoms with Crippen LogP contribution in [0.2, 0.25) is 0 Å². The summed E-state index contributed by atoms with van der Waals surface area (Å²) in [7, 11) is 0. The molecule has 0 fully saturated rings. The van der Waals surface area contributed by atoms with Gasteiger partial charge in [-0.15, -0.1) is 0 Å². The summed E-state index contributed by atoms with van der Waals surface area (Å²) in [4.78, 5) is 17.6. The third kappa shape index (κ3) is 2.45. The monoisotopic (exact) mass is 331 g/mol. The molecule has 25 heavy (non-hydrogen) atoms. The van der Waals surface area contributed by atoms with Gasteiger partial charge < -0.3 is 4.57 Å². The summed E-state index contributed by atoms with van der Waals surface area (Å²) in [5.41, 5.74) is 7.16. The smallest absolute Gasteiger partial charge is 0.262 e. The molecule has 0 saturated carbocycles. The highest BCUT2D eigenvalue weighted by Gasteiger charge is 2.16. The van der Waals surface area contributed by atoms with Crippen molar-refractivity contribution >= 4 is 16.8 Å². The van der Waals surface area contributed by atoms with E-state index in [0.29, 0.717) is 12.3 Å². The molecule has 126 valence electrons. The summed E-state index contributed by atoms with van der Waals surface area (Å²) < 4.78 is 3.88. The Morgan fingerprint density at radius 1 is 0.960 bits per heavy atom. The molecule has 0 aliphatic heterocycles. The van der Waals surface area contributed by atoms with Crippen LogP contribution in [0, 0.1) is 27.7 Å². The molecule has 2 heterocycles. The van der Waals surface area contributed by atoms with Gasteiger partial charge in [0.1, 0.15) is 0 Å². The molecule has 4 heteroatoms. The largest absolute Gasteiger partial charge is 0.311 e. The average molecular weight is 331 g/mol. The van der Waals surface area contributed by atoms with Gasteiger partial charge >= 0.3 is 0 Å². The van der Waals surface area contributed by atoms with E-state index in [1.54, 1.807) is 4.40 Å². The van der Waals surface area contributed by atoms with Gasteiger partial charge in [0.2, 0.25) is 5.78 Å². The van der Waals surface area contributed by atoms with Crippen molar-refractivity contribution in [1.82, 2.24) is 14.0 Å². The normalized spacial score (nSPS) is 11.5. The highest BCUT2D eigenvalue weighted by atomic mass is 16.1. The van der Waals surface area contributed by atoms with Crippen LogP contribution in [-0.4, -0.2) is 14.0 Å². The van der Waals surface area contributed by atoms with Gasteiger partial charge in [-0.25, -0.2) is 9.38 Å². The highest BCUT2D eigenvalue weighted by Crippen LogP contribution is 2.19. The lowest BCUT2D eigenvalue weighted by molar-refractivity contribution is 0.741. The van der Waals surface area contributed by atoms with Crippen LogP contribution in [0.5, 0.6) is 0 Å². The quantitative estimate of drug-likeness (QED) is 0.558. The Morgan fingerprint density at radius 2 is 1.64 bits per heavy atom. The van der Waals surface area contributed by atoms with E-state index in [-0.39, 0.29) is 5.56 Å². The zero-order valence-electron chi connectivity index (χ0n) is 15.0. The molecule has 0 radical (unpaired) electrons. The first-order valence-corrected chi connectivity index (χ1v) is 8.50. The summed E-state index contributed by atoms with van der Waals surface area (Å²) in [5.74, 6) is 0.702. The van der Waals surface area contributed by atoms with E-state index < -0.39 is 0 Å². The van der Waals surface area contributed by atoms with Gasteiger partial charge in [-0.3, -0.25) is 4.79 Å². The maximum absolute atomic E-state index is 12.8. The summed E-state index contributed by atoms with van der Waals surface area (Å²) in [6, 6.07) is 14.4. The van der Waals surface area contributed by atoms with E-state index in [1.807, 2.05) is 38.1 Å². The van der Waals surface area contributed by atoms with Gasteiger partial charge in [-0.2, -0.15) is 0 Å². The number of hydrogen-bond donors (Lipinski definition) is 0. The van der Waals surface area contributed by atoms with Gasteiger partial charge in [0, 0.05) is 11.3 Å². The molecule has 0 amide bonds. The summed E-state index contributed by atoms with van der Waals surface area (Å²) in [5, 5.41) is 0. The third-order valence-corrected chi connectivity index (χ3v) is 4.88. The van der Waals surface area contributed by atoms with E-state index >= 15 is 0 Å². The van der Waals surface area contributed by atoms with E-state index in [1.165, 1.54) is 16.7 Å². The van der Waals surface area contributed by atoms with E-state index in [9.17, 15) is 4.79 Å². The second-order valence-electron chi connectivity index (χ2n) is 6.83. The van der Waals surface area contributed by atoms with Crippen LogP contribution in [0.25, 0.3) is 16.8 Å². The second kappa shape index (κ2) is 5.59. The average Bonchev–Trinajstić information content (AvgIpc) is 2.95. The molecule has 0 unspecified atom stereocenters. The lowest BCUT2D eigenvalue weighted by atomic mass is 10.1. The Labute approximate surface area is 146 Å².